The topological polar surface area (TPSA) is 34.1 Å². The van der Waals surface area contributed by atoms with Crippen LogP contribution in [0.4, 0.5) is 0 Å². The van der Waals surface area contributed by atoms with E-state index in [0.717, 1.165) is 11.9 Å². The second-order valence-electron chi connectivity index (χ2n) is 5.70. The number of nitrogens with one attached hydrogen (secondary N) is 1. The largest absolute Gasteiger partial charge is 0.481 e. The van der Waals surface area contributed by atoms with Gasteiger partial charge in [0.05, 0.1) is 12.6 Å². The summed E-state index contributed by atoms with van der Waals surface area (Å²) in [6.45, 7) is 0. The molecule has 0 amide bonds. The summed E-state index contributed by atoms with van der Waals surface area (Å²) in [6.07, 6.45) is 6.13. The molecule has 20 heavy (non-hydrogen) atoms. The monoisotopic (exact) mass is 266 g/mol. The Hall–Kier alpha value is -1.87. The highest BCUT2D eigenvalue weighted by atomic mass is 16.5. The summed E-state index contributed by atoms with van der Waals surface area (Å²) >= 11 is 0. The average Bonchev–Trinajstić information content (AvgIpc) is 2.84. The van der Waals surface area contributed by atoms with Crippen molar-refractivity contribution in [2.75, 3.05) is 7.11 Å². The standard InChI is InChI=1S/C17H18N2O/c1-20-17-7-3-12-8-11(2-6-16(12)19-17)13-9-14-4-5-15(10-13)18-14/h2-3,6-9,14-15,18H,4-5,10H2,1H3. The fourth-order valence-corrected chi connectivity index (χ4v) is 3.35. The summed E-state index contributed by atoms with van der Waals surface area (Å²) in [5.74, 6) is 0.671. The molecule has 4 rings (SSSR count). The van der Waals surface area contributed by atoms with Crippen LogP contribution in [0, 0.1) is 0 Å². The highest BCUT2D eigenvalue weighted by Crippen LogP contribution is 2.33. The quantitative estimate of drug-likeness (QED) is 0.906. The zero-order chi connectivity index (χ0) is 13.5. The summed E-state index contributed by atoms with van der Waals surface area (Å²) in [6, 6.07) is 11.8. The summed E-state index contributed by atoms with van der Waals surface area (Å²) in [4.78, 5) is 4.47. The van der Waals surface area contributed by atoms with E-state index in [1.54, 1.807) is 7.11 Å². The zero-order valence-corrected chi connectivity index (χ0v) is 11.6. The molecule has 2 unspecified atom stereocenters. The predicted octanol–water partition coefficient (Wildman–Crippen LogP) is 3.15. The third kappa shape index (κ3) is 1.98. The van der Waals surface area contributed by atoms with Gasteiger partial charge < -0.3 is 10.1 Å². The number of benzene rings is 1. The van der Waals surface area contributed by atoms with Gasteiger partial charge in [0.1, 0.15) is 0 Å². The third-order valence-electron chi connectivity index (χ3n) is 4.39. The molecule has 0 saturated carbocycles. The number of methoxy groups -OCH3 is 1. The molecular weight excluding hydrogens is 248 g/mol. The molecule has 3 nitrogen and oxygen atoms in total. The van der Waals surface area contributed by atoms with Gasteiger partial charge in [0.25, 0.3) is 0 Å². The summed E-state index contributed by atoms with van der Waals surface area (Å²) < 4.78 is 5.17. The van der Waals surface area contributed by atoms with Crippen LogP contribution < -0.4 is 10.1 Å². The van der Waals surface area contributed by atoms with Crippen molar-refractivity contribution in [2.45, 2.75) is 31.3 Å². The summed E-state index contributed by atoms with van der Waals surface area (Å²) in [5.41, 5.74) is 3.81. The van der Waals surface area contributed by atoms with Crippen molar-refractivity contribution in [3.63, 3.8) is 0 Å². The van der Waals surface area contributed by atoms with Crippen LogP contribution in [0.25, 0.3) is 16.5 Å². The molecule has 2 bridgehead atoms. The minimum Gasteiger partial charge on any atom is -0.481 e. The number of hydrogen-bond donors (Lipinski definition) is 1. The van der Waals surface area contributed by atoms with Crippen molar-refractivity contribution in [1.29, 1.82) is 0 Å². The SMILES string of the molecule is COc1ccc2cc(C3=CC4CCC(C3)N4)ccc2n1. The lowest BCUT2D eigenvalue weighted by atomic mass is 9.95. The van der Waals surface area contributed by atoms with Gasteiger partial charge in [-0.05, 0) is 48.6 Å². The normalized spacial score (nSPS) is 24.8. The van der Waals surface area contributed by atoms with Crippen molar-refractivity contribution < 1.29 is 4.74 Å². The lowest BCUT2D eigenvalue weighted by molar-refractivity contribution is 0.399. The molecule has 2 aliphatic rings. The van der Waals surface area contributed by atoms with Crippen LogP contribution in [0.2, 0.25) is 0 Å². The van der Waals surface area contributed by atoms with Gasteiger partial charge in [-0.1, -0.05) is 12.1 Å². The molecule has 0 aliphatic carbocycles. The second-order valence-corrected chi connectivity index (χ2v) is 5.70. The van der Waals surface area contributed by atoms with Crippen LogP contribution in [0.1, 0.15) is 24.8 Å². The molecule has 1 fully saturated rings. The number of rotatable bonds is 2. The molecule has 1 N–H and O–H groups in total. The Bertz CT molecular complexity index is 692. The van der Waals surface area contributed by atoms with Gasteiger partial charge >= 0.3 is 0 Å². The first-order chi connectivity index (χ1) is 9.81. The molecule has 1 aromatic carbocycles. The Balaban J connectivity index is 1.74. The second kappa shape index (κ2) is 4.60. The van der Waals surface area contributed by atoms with E-state index in [0.29, 0.717) is 18.0 Å². The van der Waals surface area contributed by atoms with Gasteiger partial charge in [0.15, 0.2) is 0 Å². The first kappa shape index (κ1) is 11.9. The van der Waals surface area contributed by atoms with Gasteiger partial charge in [0, 0.05) is 23.5 Å². The van der Waals surface area contributed by atoms with Crippen LogP contribution in [0.5, 0.6) is 5.88 Å². The molecule has 3 heteroatoms. The van der Waals surface area contributed by atoms with Gasteiger partial charge in [-0.25, -0.2) is 4.98 Å². The van der Waals surface area contributed by atoms with Gasteiger partial charge in [0.2, 0.25) is 5.88 Å². The molecule has 1 aromatic heterocycles. The highest BCUT2D eigenvalue weighted by Gasteiger charge is 2.28. The fourth-order valence-electron chi connectivity index (χ4n) is 3.35. The number of pyridine rings is 1. The van der Waals surface area contributed by atoms with Gasteiger partial charge in [-0.2, -0.15) is 0 Å². The number of fused-ring (bicyclic) bond motifs is 3. The smallest absolute Gasteiger partial charge is 0.213 e. The molecular formula is C17H18N2O. The Morgan fingerprint density at radius 2 is 2.15 bits per heavy atom. The Morgan fingerprint density at radius 3 is 3.00 bits per heavy atom. The maximum atomic E-state index is 5.17. The lowest BCUT2D eigenvalue weighted by Gasteiger charge is -2.21. The van der Waals surface area contributed by atoms with Crippen molar-refractivity contribution in [3.05, 3.63) is 42.0 Å². The molecule has 0 spiro atoms. The van der Waals surface area contributed by atoms with E-state index in [1.165, 1.54) is 29.4 Å². The van der Waals surface area contributed by atoms with Crippen LogP contribution in [-0.2, 0) is 0 Å². The van der Waals surface area contributed by atoms with E-state index in [9.17, 15) is 0 Å². The van der Waals surface area contributed by atoms with Gasteiger partial charge in [-0.3, -0.25) is 0 Å². The molecule has 102 valence electrons. The van der Waals surface area contributed by atoms with Crippen LogP contribution in [0.15, 0.2) is 36.4 Å². The Labute approximate surface area is 118 Å². The van der Waals surface area contributed by atoms with E-state index < -0.39 is 0 Å². The van der Waals surface area contributed by atoms with E-state index >= 15 is 0 Å². The molecule has 1 saturated heterocycles. The number of ether oxygens (including phenoxy) is 1. The Morgan fingerprint density at radius 1 is 1.20 bits per heavy atom. The van der Waals surface area contributed by atoms with E-state index in [1.807, 2.05) is 6.07 Å². The summed E-state index contributed by atoms with van der Waals surface area (Å²) in [5, 5.41) is 4.81. The minimum atomic E-state index is 0.577. The molecule has 3 heterocycles. The van der Waals surface area contributed by atoms with Crippen molar-refractivity contribution >= 4 is 16.5 Å². The fraction of sp³-hybridized carbons (Fsp3) is 0.353. The molecule has 2 aliphatic heterocycles. The van der Waals surface area contributed by atoms with Crippen LogP contribution >= 0.6 is 0 Å². The maximum absolute atomic E-state index is 5.17. The first-order valence-electron chi connectivity index (χ1n) is 7.24. The number of hydrogen-bond acceptors (Lipinski definition) is 3. The van der Waals surface area contributed by atoms with Crippen molar-refractivity contribution in [2.24, 2.45) is 0 Å². The van der Waals surface area contributed by atoms with Gasteiger partial charge in [-0.15, -0.1) is 0 Å². The lowest BCUT2D eigenvalue weighted by Crippen LogP contribution is -2.31. The molecule has 0 radical (unpaired) electrons. The van der Waals surface area contributed by atoms with Crippen LogP contribution in [0.3, 0.4) is 0 Å². The van der Waals surface area contributed by atoms with E-state index in [2.05, 4.69) is 40.6 Å². The maximum Gasteiger partial charge on any atom is 0.213 e. The zero-order valence-electron chi connectivity index (χ0n) is 11.6. The molecule has 2 aromatic rings. The van der Waals surface area contributed by atoms with Crippen LogP contribution in [-0.4, -0.2) is 24.2 Å². The average molecular weight is 266 g/mol. The highest BCUT2D eigenvalue weighted by molar-refractivity contribution is 5.84. The first-order valence-corrected chi connectivity index (χ1v) is 7.24. The number of aromatic nitrogens is 1. The third-order valence-corrected chi connectivity index (χ3v) is 4.39. The van der Waals surface area contributed by atoms with Crippen molar-refractivity contribution in [3.8, 4) is 5.88 Å². The predicted molar refractivity (Wildman–Crippen MR) is 80.8 cm³/mol. The minimum absolute atomic E-state index is 0.577. The Kier molecular flexibility index (Phi) is 2.74. The van der Waals surface area contributed by atoms with E-state index in [4.69, 9.17) is 4.74 Å². The van der Waals surface area contributed by atoms with Crippen molar-refractivity contribution in [1.82, 2.24) is 10.3 Å². The number of nitrogens with zero attached hydrogens (tertiary/aromatic N) is 1. The molecule has 2 atom stereocenters. The summed E-state index contributed by atoms with van der Waals surface area (Å²) in [7, 11) is 1.65. The van der Waals surface area contributed by atoms with E-state index in [-0.39, 0.29) is 0 Å².